The second kappa shape index (κ2) is 5.88. The van der Waals surface area contributed by atoms with Crippen molar-refractivity contribution >= 4 is 28.9 Å². The fourth-order valence-electron chi connectivity index (χ4n) is 1.77. The SMILES string of the molecule is CNc1c(F)cccc1C(=O)Nc1c(F)cccc1Cl. The van der Waals surface area contributed by atoms with Crippen LogP contribution in [0.1, 0.15) is 10.4 Å². The highest BCUT2D eigenvalue weighted by atomic mass is 35.5. The van der Waals surface area contributed by atoms with Crippen LogP contribution in [-0.2, 0) is 0 Å². The Morgan fingerprint density at radius 3 is 2.25 bits per heavy atom. The number of rotatable bonds is 3. The van der Waals surface area contributed by atoms with E-state index in [-0.39, 0.29) is 22.0 Å². The molecule has 0 aromatic heterocycles. The van der Waals surface area contributed by atoms with Gasteiger partial charge in [0.15, 0.2) is 0 Å². The van der Waals surface area contributed by atoms with E-state index in [0.717, 1.165) is 0 Å². The van der Waals surface area contributed by atoms with Crippen molar-refractivity contribution in [2.75, 3.05) is 17.7 Å². The van der Waals surface area contributed by atoms with Crippen LogP contribution in [0.2, 0.25) is 5.02 Å². The van der Waals surface area contributed by atoms with E-state index in [1.54, 1.807) is 0 Å². The molecule has 104 valence electrons. The fraction of sp³-hybridized carbons (Fsp3) is 0.0714. The quantitative estimate of drug-likeness (QED) is 0.901. The molecular weight excluding hydrogens is 286 g/mol. The molecule has 0 fully saturated rings. The number of hydrogen-bond acceptors (Lipinski definition) is 2. The zero-order valence-corrected chi connectivity index (χ0v) is 11.3. The molecule has 0 aliphatic rings. The lowest BCUT2D eigenvalue weighted by Gasteiger charge is -2.12. The molecule has 6 heteroatoms. The molecule has 0 saturated carbocycles. The van der Waals surface area contributed by atoms with Crippen molar-refractivity contribution in [3.8, 4) is 0 Å². The molecule has 0 heterocycles. The van der Waals surface area contributed by atoms with Crippen molar-refractivity contribution < 1.29 is 13.6 Å². The van der Waals surface area contributed by atoms with Gasteiger partial charge in [-0.25, -0.2) is 8.78 Å². The molecular formula is C14H11ClF2N2O. The van der Waals surface area contributed by atoms with Crippen LogP contribution >= 0.6 is 11.6 Å². The van der Waals surface area contributed by atoms with Gasteiger partial charge in [-0.05, 0) is 24.3 Å². The molecule has 0 saturated heterocycles. The maximum Gasteiger partial charge on any atom is 0.257 e. The summed E-state index contributed by atoms with van der Waals surface area (Å²) in [6.45, 7) is 0. The Kier molecular flexibility index (Phi) is 4.20. The van der Waals surface area contributed by atoms with E-state index in [0.29, 0.717) is 0 Å². The molecule has 3 nitrogen and oxygen atoms in total. The number of nitrogens with one attached hydrogen (secondary N) is 2. The monoisotopic (exact) mass is 296 g/mol. The lowest BCUT2D eigenvalue weighted by atomic mass is 10.1. The van der Waals surface area contributed by atoms with Crippen LogP contribution in [-0.4, -0.2) is 13.0 Å². The first-order valence-electron chi connectivity index (χ1n) is 5.76. The lowest BCUT2D eigenvalue weighted by Crippen LogP contribution is -2.16. The van der Waals surface area contributed by atoms with Crippen molar-refractivity contribution in [3.63, 3.8) is 0 Å². The number of carbonyl (C=O) groups is 1. The molecule has 0 aliphatic carbocycles. The third kappa shape index (κ3) is 2.72. The Balaban J connectivity index is 2.36. The van der Waals surface area contributed by atoms with E-state index in [2.05, 4.69) is 10.6 Å². The molecule has 0 unspecified atom stereocenters. The van der Waals surface area contributed by atoms with Crippen LogP contribution in [0.3, 0.4) is 0 Å². The zero-order valence-electron chi connectivity index (χ0n) is 10.5. The fourth-order valence-corrected chi connectivity index (χ4v) is 1.98. The number of amides is 1. The minimum atomic E-state index is -0.659. The van der Waals surface area contributed by atoms with Crippen molar-refractivity contribution in [1.82, 2.24) is 0 Å². The maximum absolute atomic E-state index is 13.6. The lowest BCUT2D eigenvalue weighted by molar-refractivity contribution is 0.102. The van der Waals surface area contributed by atoms with Gasteiger partial charge in [-0.3, -0.25) is 4.79 Å². The third-order valence-corrected chi connectivity index (χ3v) is 3.02. The predicted octanol–water partition coefficient (Wildman–Crippen LogP) is 3.91. The van der Waals surface area contributed by atoms with Crippen molar-refractivity contribution in [3.05, 3.63) is 58.6 Å². The van der Waals surface area contributed by atoms with E-state index < -0.39 is 17.5 Å². The molecule has 1 amide bonds. The zero-order chi connectivity index (χ0) is 14.7. The molecule has 2 aromatic carbocycles. The van der Waals surface area contributed by atoms with Gasteiger partial charge < -0.3 is 10.6 Å². The molecule has 20 heavy (non-hydrogen) atoms. The molecule has 0 spiro atoms. The van der Waals surface area contributed by atoms with Crippen LogP contribution in [0.4, 0.5) is 20.2 Å². The second-order valence-corrected chi connectivity index (χ2v) is 4.37. The summed E-state index contributed by atoms with van der Waals surface area (Å²) in [6, 6.07) is 8.09. The first-order valence-corrected chi connectivity index (χ1v) is 6.14. The van der Waals surface area contributed by atoms with Gasteiger partial charge >= 0.3 is 0 Å². The molecule has 2 rings (SSSR count). The minimum absolute atomic E-state index is 0.0393. The highest BCUT2D eigenvalue weighted by Crippen LogP contribution is 2.26. The number of hydrogen-bond donors (Lipinski definition) is 2. The predicted molar refractivity (Wildman–Crippen MR) is 75.3 cm³/mol. The summed E-state index contributed by atoms with van der Waals surface area (Å²) in [5, 5.41) is 5.01. The van der Waals surface area contributed by atoms with Crippen molar-refractivity contribution in [2.45, 2.75) is 0 Å². The maximum atomic E-state index is 13.6. The number of benzene rings is 2. The van der Waals surface area contributed by atoms with E-state index >= 15 is 0 Å². The van der Waals surface area contributed by atoms with Crippen molar-refractivity contribution in [2.24, 2.45) is 0 Å². The first kappa shape index (κ1) is 14.3. The van der Waals surface area contributed by atoms with Gasteiger partial charge in [0.2, 0.25) is 0 Å². The normalized spacial score (nSPS) is 10.2. The van der Waals surface area contributed by atoms with Crippen LogP contribution < -0.4 is 10.6 Å². The van der Waals surface area contributed by atoms with Gasteiger partial charge in [0.1, 0.15) is 11.6 Å². The van der Waals surface area contributed by atoms with Gasteiger partial charge in [-0.1, -0.05) is 23.7 Å². The molecule has 2 aromatic rings. The van der Waals surface area contributed by atoms with E-state index in [9.17, 15) is 13.6 Å². The number of para-hydroxylation sites is 2. The van der Waals surface area contributed by atoms with E-state index in [1.165, 1.54) is 43.4 Å². The highest BCUT2D eigenvalue weighted by Gasteiger charge is 2.17. The van der Waals surface area contributed by atoms with Gasteiger partial charge in [0, 0.05) is 7.05 Å². The number of carbonyl (C=O) groups excluding carboxylic acids is 1. The molecule has 0 aliphatic heterocycles. The topological polar surface area (TPSA) is 41.1 Å². The van der Waals surface area contributed by atoms with Crippen molar-refractivity contribution in [1.29, 1.82) is 0 Å². The summed E-state index contributed by atoms with van der Waals surface area (Å²) in [7, 11) is 1.49. The molecule has 0 atom stereocenters. The summed E-state index contributed by atoms with van der Waals surface area (Å²) in [6.07, 6.45) is 0. The first-order chi connectivity index (χ1) is 9.54. The third-order valence-electron chi connectivity index (χ3n) is 2.71. The molecule has 0 bridgehead atoms. The van der Waals surface area contributed by atoms with Crippen LogP contribution in [0, 0.1) is 11.6 Å². The largest absolute Gasteiger partial charge is 0.385 e. The number of halogens is 3. The summed E-state index contributed by atoms with van der Waals surface area (Å²) in [5.41, 5.74) is -0.0326. The van der Waals surface area contributed by atoms with E-state index in [1.807, 2.05) is 0 Å². The Morgan fingerprint density at radius 1 is 1.05 bits per heavy atom. The summed E-state index contributed by atoms with van der Waals surface area (Å²) >= 11 is 5.82. The summed E-state index contributed by atoms with van der Waals surface area (Å²) in [4.78, 5) is 12.1. The van der Waals surface area contributed by atoms with Crippen LogP contribution in [0.25, 0.3) is 0 Å². The summed E-state index contributed by atoms with van der Waals surface area (Å²) in [5.74, 6) is -1.88. The summed E-state index contributed by atoms with van der Waals surface area (Å²) < 4.78 is 27.2. The van der Waals surface area contributed by atoms with Crippen LogP contribution in [0.15, 0.2) is 36.4 Å². The average Bonchev–Trinajstić information content (AvgIpc) is 2.42. The molecule has 2 N–H and O–H groups in total. The number of anilines is 2. The Labute approximate surface area is 119 Å². The van der Waals surface area contributed by atoms with Gasteiger partial charge in [-0.2, -0.15) is 0 Å². The van der Waals surface area contributed by atoms with Crippen LogP contribution in [0.5, 0.6) is 0 Å². The highest BCUT2D eigenvalue weighted by molar-refractivity contribution is 6.34. The smallest absolute Gasteiger partial charge is 0.257 e. The Hall–Kier alpha value is -2.14. The Morgan fingerprint density at radius 2 is 1.65 bits per heavy atom. The van der Waals surface area contributed by atoms with Gasteiger partial charge in [0.05, 0.1) is 22.0 Å². The molecule has 0 radical (unpaired) electrons. The standard InChI is InChI=1S/C14H11ClF2N2O/c1-18-12-8(4-2-6-10(12)16)14(20)19-13-9(15)5-3-7-11(13)17/h2-7,18H,1H3,(H,19,20). The van der Waals surface area contributed by atoms with Gasteiger partial charge in [-0.15, -0.1) is 0 Å². The average molecular weight is 297 g/mol. The Bertz CT molecular complexity index is 641. The van der Waals surface area contributed by atoms with E-state index in [4.69, 9.17) is 11.6 Å². The second-order valence-electron chi connectivity index (χ2n) is 3.96. The minimum Gasteiger partial charge on any atom is -0.385 e. The van der Waals surface area contributed by atoms with Gasteiger partial charge in [0.25, 0.3) is 5.91 Å².